The molecule has 0 saturated heterocycles. The predicted molar refractivity (Wildman–Crippen MR) is 63.4 cm³/mol. The van der Waals surface area contributed by atoms with Crippen LogP contribution in [0.2, 0.25) is 0 Å². The minimum atomic E-state index is -4.39. The van der Waals surface area contributed by atoms with Gasteiger partial charge in [0.15, 0.2) is 0 Å². The standard InChI is InChI=1S/C14H17F3O/c15-14(16,17)12-7-11(8-13(18)9-12)6-10-4-2-1-3-5-10/h7-10,18H,1-6H2. The molecule has 0 bridgehead atoms. The van der Waals surface area contributed by atoms with Crippen molar-refractivity contribution in [1.82, 2.24) is 0 Å². The van der Waals surface area contributed by atoms with Crippen LogP contribution in [0.15, 0.2) is 18.2 Å². The highest BCUT2D eigenvalue weighted by atomic mass is 19.4. The molecule has 1 nitrogen and oxygen atoms in total. The Morgan fingerprint density at radius 1 is 1.06 bits per heavy atom. The molecule has 1 saturated carbocycles. The first-order valence-electron chi connectivity index (χ1n) is 6.35. The number of hydrogen-bond acceptors (Lipinski definition) is 1. The molecule has 0 heterocycles. The second kappa shape index (κ2) is 5.21. The molecule has 0 spiro atoms. The lowest BCUT2D eigenvalue weighted by Crippen LogP contribution is -2.11. The summed E-state index contributed by atoms with van der Waals surface area (Å²) in [5.74, 6) is 0.164. The molecule has 1 aromatic rings. The van der Waals surface area contributed by atoms with E-state index in [1.54, 1.807) is 0 Å². The van der Waals surface area contributed by atoms with Crippen molar-refractivity contribution >= 4 is 0 Å². The van der Waals surface area contributed by atoms with Gasteiger partial charge in [-0.25, -0.2) is 0 Å². The normalized spacial score (nSPS) is 17.9. The summed E-state index contributed by atoms with van der Waals surface area (Å²) in [7, 11) is 0. The molecular weight excluding hydrogens is 241 g/mol. The number of halogens is 3. The Kier molecular flexibility index (Phi) is 3.83. The zero-order valence-electron chi connectivity index (χ0n) is 10.1. The number of aromatic hydroxyl groups is 1. The molecule has 18 heavy (non-hydrogen) atoms. The molecule has 1 N–H and O–H groups in total. The van der Waals surface area contributed by atoms with Crippen molar-refractivity contribution < 1.29 is 18.3 Å². The molecule has 0 radical (unpaired) electrons. The van der Waals surface area contributed by atoms with Gasteiger partial charge in [0.25, 0.3) is 0 Å². The quantitative estimate of drug-likeness (QED) is 0.826. The first-order valence-corrected chi connectivity index (χ1v) is 6.35. The van der Waals surface area contributed by atoms with Crippen molar-refractivity contribution in [3.63, 3.8) is 0 Å². The summed E-state index contributed by atoms with van der Waals surface area (Å²) in [6.45, 7) is 0. The average molecular weight is 258 g/mol. The average Bonchev–Trinajstić information content (AvgIpc) is 2.28. The smallest absolute Gasteiger partial charge is 0.416 e. The molecule has 4 heteroatoms. The van der Waals surface area contributed by atoms with Gasteiger partial charge in [-0.3, -0.25) is 0 Å². The van der Waals surface area contributed by atoms with Crippen molar-refractivity contribution in [2.45, 2.75) is 44.7 Å². The van der Waals surface area contributed by atoms with E-state index in [9.17, 15) is 18.3 Å². The number of phenols is 1. The molecule has 0 unspecified atom stereocenters. The van der Waals surface area contributed by atoms with Crippen molar-refractivity contribution in [1.29, 1.82) is 0 Å². The van der Waals surface area contributed by atoms with E-state index < -0.39 is 11.7 Å². The zero-order chi connectivity index (χ0) is 13.2. The fourth-order valence-electron chi connectivity index (χ4n) is 2.68. The SMILES string of the molecule is Oc1cc(CC2CCCCC2)cc(C(F)(F)F)c1. The molecule has 0 atom stereocenters. The number of hydrogen-bond donors (Lipinski definition) is 1. The molecule has 100 valence electrons. The van der Waals surface area contributed by atoms with Crippen LogP contribution in [0, 0.1) is 5.92 Å². The van der Waals surface area contributed by atoms with E-state index in [1.165, 1.54) is 12.5 Å². The molecule has 2 rings (SSSR count). The number of rotatable bonds is 2. The Morgan fingerprint density at radius 2 is 1.72 bits per heavy atom. The van der Waals surface area contributed by atoms with Gasteiger partial charge in [-0.2, -0.15) is 13.2 Å². The second-order valence-electron chi connectivity index (χ2n) is 5.09. The molecule has 1 aliphatic carbocycles. The first kappa shape index (κ1) is 13.2. The van der Waals surface area contributed by atoms with E-state index in [2.05, 4.69) is 0 Å². The third kappa shape index (κ3) is 3.40. The minimum absolute atomic E-state index is 0.296. The Morgan fingerprint density at radius 3 is 2.33 bits per heavy atom. The van der Waals surface area contributed by atoms with Crippen LogP contribution < -0.4 is 0 Å². The Hall–Kier alpha value is -1.19. The van der Waals surface area contributed by atoms with E-state index in [4.69, 9.17) is 0 Å². The van der Waals surface area contributed by atoms with Gasteiger partial charge in [-0.15, -0.1) is 0 Å². The summed E-state index contributed by atoms with van der Waals surface area (Å²) < 4.78 is 37.8. The topological polar surface area (TPSA) is 20.2 Å². The van der Waals surface area contributed by atoms with Crippen molar-refractivity contribution in [2.24, 2.45) is 5.92 Å². The molecule has 0 amide bonds. The summed E-state index contributed by atoms with van der Waals surface area (Å²) in [6, 6.07) is 3.39. The molecular formula is C14H17F3O. The number of benzene rings is 1. The Labute approximate surface area is 105 Å². The minimum Gasteiger partial charge on any atom is -0.508 e. The van der Waals surface area contributed by atoms with Crippen LogP contribution in [0.5, 0.6) is 5.75 Å². The lowest BCUT2D eigenvalue weighted by atomic mass is 9.84. The van der Waals surface area contributed by atoms with Crippen molar-refractivity contribution in [3.8, 4) is 5.75 Å². The maximum Gasteiger partial charge on any atom is 0.416 e. The van der Waals surface area contributed by atoms with E-state index >= 15 is 0 Å². The highest BCUT2D eigenvalue weighted by Gasteiger charge is 2.31. The monoisotopic (exact) mass is 258 g/mol. The Bertz CT molecular complexity index is 406. The van der Waals surface area contributed by atoms with Crippen LogP contribution in [-0.2, 0) is 12.6 Å². The van der Waals surface area contributed by atoms with E-state index in [1.807, 2.05) is 0 Å². The molecule has 0 aromatic heterocycles. The van der Waals surface area contributed by atoms with Crippen LogP contribution in [0.3, 0.4) is 0 Å². The second-order valence-corrected chi connectivity index (χ2v) is 5.09. The van der Waals surface area contributed by atoms with Crippen LogP contribution in [-0.4, -0.2) is 5.11 Å². The fraction of sp³-hybridized carbons (Fsp3) is 0.571. The highest BCUT2D eigenvalue weighted by Crippen LogP contribution is 2.34. The predicted octanol–water partition coefficient (Wildman–Crippen LogP) is 4.53. The van der Waals surface area contributed by atoms with Crippen LogP contribution in [0.25, 0.3) is 0 Å². The van der Waals surface area contributed by atoms with Crippen LogP contribution in [0.4, 0.5) is 13.2 Å². The van der Waals surface area contributed by atoms with Gasteiger partial charge in [0.2, 0.25) is 0 Å². The van der Waals surface area contributed by atoms with Gasteiger partial charge < -0.3 is 5.11 Å². The first-order chi connectivity index (χ1) is 8.45. The third-order valence-corrected chi connectivity index (χ3v) is 3.55. The molecule has 1 aromatic carbocycles. The van der Waals surface area contributed by atoms with Gasteiger partial charge in [-0.05, 0) is 36.1 Å². The number of alkyl halides is 3. The van der Waals surface area contributed by atoms with Gasteiger partial charge in [0.1, 0.15) is 5.75 Å². The maximum absolute atomic E-state index is 12.6. The summed E-state index contributed by atoms with van der Waals surface area (Å²) in [5.41, 5.74) is -0.164. The van der Waals surface area contributed by atoms with Gasteiger partial charge in [0.05, 0.1) is 5.56 Å². The molecule has 0 aliphatic heterocycles. The van der Waals surface area contributed by atoms with E-state index in [0.29, 0.717) is 17.9 Å². The van der Waals surface area contributed by atoms with Gasteiger partial charge in [0, 0.05) is 0 Å². The zero-order valence-corrected chi connectivity index (χ0v) is 10.1. The highest BCUT2D eigenvalue weighted by molar-refractivity contribution is 5.35. The summed E-state index contributed by atoms with van der Waals surface area (Å²) in [5, 5.41) is 9.39. The van der Waals surface area contributed by atoms with E-state index in [0.717, 1.165) is 37.8 Å². The lowest BCUT2D eigenvalue weighted by Gasteiger charge is -2.22. The molecule has 1 fully saturated rings. The van der Waals surface area contributed by atoms with Gasteiger partial charge >= 0.3 is 6.18 Å². The van der Waals surface area contributed by atoms with Crippen molar-refractivity contribution in [2.75, 3.05) is 0 Å². The fourth-order valence-corrected chi connectivity index (χ4v) is 2.68. The summed E-state index contributed by atoms with van der Waals surface area (Å²) in [6.07, 6.45) is 1.96. The number of phenolic OH excluding ortho intramolecular Hbond substituents is 1. The largest absolute Gasteiger partial charge is 0.508 e. The summed E-state index contributed by atoms with van der Waals surface area (Å²) >= 11 is 0. The molecule has 1 aliphatic rings. The van der Waals surface area contributed by atoms with Crippen LogP contribution >= 0.6 is 0 Å². The lowest BCUT2D eigenvalue weighted by molar-refractivity contribution is -0.137. The van der Waals surface area contributed by atoms with Crippen molar-refractivity contribution in [3.05, 3.63) is 29.3 Å². The maximum atomic E-state index is 12.6. The van der Waals surface area contributed by atoms with Gasteiger partial charge in [-0.1, -0.05) is 32.1 Å². The van der Waals surface area contributed by atoms with Crippen LogP contribution in [0.1, 0.15) is 43.2 Å². The van der Waals surface area contributed by atoms with E-state index in [-0.39, 0.29) is 5.75 Å². The Balaban J connectivity index is 2.14. The summed E-state index contributed by atoms with van der Waals surface area (Å²) in [4.78, 5) is 0. The third-order valence-electron chi connectivity index (χ3n) is 3.55.